The number of methoxy groups -OCH3 is 1. The molecule has 0 bridgehead atoms. The van der Waals surface area contributed by atoms with Gasteiger partial charge in [-0.3, -0.25) is 4.79 Å². The summed E-state index contributed by atoms with van der Waals surface area (Å²) in [6, 6.07) is 15.0. The molecule has 0 saturated carbocycles. The average Bonchev–Trinajstić information content (AvgIpc) is 3.08. The summed E-state index contributed by atoms with van der Waals surface area (Å²) >= 11 is 1.22. The minimum absolute atomic E-state index is 0.0484. The van der Waals surface area contributed by atoms with Crippen LogP contribution in [0.3, 0.4) is 0 Å². The van der Waals surface area contributed by atoms with Gasteiger partial charge in [-0.15, -0.1) is 10.2 Å². The van der Waals surface area contributed by atoms with Crippen LogP contribution in [-0.2, 0) is 0 Å². The SMILES string of the molecule is COc1ccccc1C(=O)CSc1nnc(-c2cccc(C)c2)o1. The molecular formula is C18H16N2O3S. The molecule has 5 nitrogen and oxygen atoms in total. The molecule has 3 rings (SSSR count). The van der Waals surface area contributed by atoms with Crippen molar-refractivity contribution in [2.75, 3.05) is 12.9 Å². The van der Waals surface area contributed by atoms with Crippen molar-refractivity contribution in [2.24, 2.45) is 0 Å². The molecule has 0 aliphatic rings. The highest BCUT2D eigenvalue weighted by atomic mass is 32.2. The Balaban J connectivity index is 1.68. The number of ketones is 1. The number of nitrogens with zero attached hydrogens (tertiary/aromatic N) is 2. The van der Waals surface area contributed by atoms with Crippen LogP contribution in [0.15, 0.2) is 58.2 Å². The highest BCUT2D eigenvalue weighted by Crippen LogP contribution is 2.25. The molecule has 0 saturated heterocycles. The fourth-order valence-electron chi connectivity index (χ4n) is 2.24. The van der Waals surface area contributed by atoms with E-state index in [4.69, 9.17) is 9.15 Å². The number of carbonyl (C=O) groups is 1. The topological polar surface area (TPSA) is 65.2 Å². The van der Waals surface area contributed by atoms with Crippen molar-refractivity contribution in [1.82, 2.24) is 10.2 Å². The number of para-hydroxylation sites is 1. The van der Waals surface area contributed by atoms with E-state index in [0.717, 1.165) is 11.1 Å². The lowest BCUT2D eigenvalue weighted by Gasteiger charge is -2.05. The van der Waals surface area contributed by atoms with Crippen LogP contribution >= 0.6 is 11.8 Å². The molecular weight excluding hydrogens is 324 g/mol. The lowest BCUT2D eigenvalue weighted by molar-refractivity contribution is 0.101. The lowest BCUT2D eigenvalue weighted by atomic mass is 10.1. The summed E-state index contributed by atoms with van der Waals surface area (Å²) in [6.07, 6.45) is 0. The molecule has 1 aromatic heterocycles. The standard InChI is InChI=1S/C18H16N2O3S/c1-12-6-5-7-13(10-12)17-19-20-18(23-17)24-11-15(21)14-8-3-4-9-16(14)22-2/h3-10H,11H2,1-2H3. The Bertz CT molecular complexity index is 861. The van der Waals surface area contributed by atoms with Crippen LogP contribution in [0.1, 0.15) is 15.9 Å². The Morgan fingerprint density at radius 1 is 1.17 bits per heavy atom. The first-order valence-electron chi connectivity index (χ1n) is 7.37. The van der Waals surface area contributed by atoms with Gasteiger partial charge in [0.05, 0.1) is 18.4 Å². The first-order valence-corrected chi connectivity index (χ1v) is 8.35. The fraction of sp³-hybridized carbons (Fsp3) is 0.167. The Morgan fingerprint density at radius 2 is 2.00 bits per heavy atom. The number of hydrogen-bond donors (Lipinski definition) is 0. The Hall–Kier alpha value is -2.60. The maximum Gasteiger partial charge on any atom is 0.277 e. The molecule has 0 aliphatic carbocycles. The van der Waals surface area contributed by atoms with Crippen molar-refractivity contribution in [3.8, 4) is 17.2 Å². The maximum absolute atomic E-state index is 12.3. The van der Waals surface area contributed by atoms with Crippen LogP contribution in [-0.4, -0.2) is 28.8 Å². The molecule has 24 heavy (non-hydrogen) atoms. The first kappa shape index (κ1) is 16.3. The predicted molar refractivity (Wildman–Crippen MR) is 92.5 cm³/mol. The Morgan fingerprint density at radius 3 is 2.79 bits per heavy atom. The van der Waals surface area contributed by atoms with Crippen molar-refractivity contribution in [2.45, 2.75) is 12.1 Å². The van der Waals surface area contributed by atoms with E-state index < -0.39 is 0 Å². The van der Waals surface area contributed by atoms with Gasteiger partial charge in [0.2, 0.25) is 5.89 Å². The molecule has 2 aromatic carbocycles. The number of carbonyl (C=O) groups excluding carboxylic acids is 1. The van der Waals surface area contributed by atoms with Crippen LogP contribution in [0.4, 0.5) is 0 Å². The van der Waals surface area contributed by atoms with Crippen molar-refractivity contribution < 1.29 is 13.9 Å². The summed E-state index contributed by atoms with van der Waals surface area (Å²) in [5.41, 5.74) is 2.53. The van der Waals surface area contributed by atoms with Gasteiger partial charge in [0.15, 0.2) is 5.78 Å². The zero-order valence-electron chi connectivity index (χ0n) is 13.4. The number of thioether (sulfide) groups is 1. The van der Waals surface area contributed by atoms with Gasteiger partial charge in [-0.2, -0.15) is 0 Å². The summed E-state index contributed by atoms with van der Waals surface area (Å²) in [6.45, 7) is 2.00. The number of aryl methyl sites for hydroxylation is 1. The van der Waals surface area contributed by atoms with Gasteiger partial charge >= 0.3 is 0 Å². The average molecular weight is 340 g/mol. The molecule has 0 unspecified atom stereocenters. The predicted octanol–water partition coefficient (Wildman–Crippen LogP) is 4.03. The Labute approximate surface area is 144 Å². The number of ether oxygens (including phenoxy) is 1. The monoisotopic (exact) mass is 340 g/mol. The third kappa shape index (κ3) is 3.65. The van der Waals surface area contributed by atoms with Crippen molar-refractivity contribution >= 4 is 17.5 Å². The van der Waals surface area contributed by atoms with E-state index in [0.29, 0.717) is 22.4 Å². The maximum atomic E-state index is 12.3. The molecule has 122 valence electrons. The van der Waals surface area contributed by atoms with E-state index in [9.17, 15) is 4.79 Å². The van der Waals surface area contributed by atoms with Gasteiger partial charge in [-0.05, 0) is 31.2 Å². The first-order chi connectivity index (χ1) is 11.7. The third-order valence-corrected chi connectivity index (χ3v) is 4.22. The van der Waals surface area contributed by atoms with E-state index in [1.54, 1.807) is 19.2 Å². The highest BCUT2D eigenvalue weighted by molar-refractivity contribution is 7.99. The quantitative estimate of drug-likeness (QED) is 0.499. The molecule has 0 fully saturated rings. The molecule has 0 N–H and O–H groups in total. The molecule has 0 amide bonds. The molecule has 0 spiro atoms. The third-order valence-electron chi connectivity index (χ3n) is 3.41. The largest absolute Gasteiger partial charge is 0.496 e. The zero-order valence-corrected chi connectivity index (χ0v) is 14.2. The van der Waals surface area contributed by atoms with Crippen LogP contribution in [0.5, 0.6) is 5.75 Å². The summed E-state index contributed by atoms with van der Waals surface area (Å²) in [5.74, 6) is 1.17. The highest BCUT2D eigenvalue weighted by Gasteiger charge is 2.15. The van der Waals surface area contributed by atoms with Crippen molar-refractivity contribution in [3.05, 3.63) is 59.7 Å². The number of aromatic nitrogens is 2. The van der Waals surface area contributed by atoms with Crippen LogP contribution in [0.25, 0.3) is 11.5 Å². The molecule has 0 atom stereocenters. The van der Waals surface area contributed by atoms with E-state index in [2.05, 4.69) is 10.2 Å². The van der Waals surface area contributed by atoms with E-state index in [1.165, 1.54) is 11.8 Å². The number of Topliss-reactive ketones (excluding diaryl/α,β-unsaturated/α-hetero) is 1. The minimum atomic E-state index is -0.0484. The van der Waals surface area contributed by atoms with Crippen molar-refractivity contribution in [1.29, 1.82) is 0 Å². The number of rotatable bonds is 6. The summed E-state index contributed by atoms with van der Waals surface area (Å²) in [5, 5.41) is 8.40. The summed E-state index contributed by atoms with van der Waals surface area (Å²) < 4.78 is 10.8. The number of hydrogen-bond acceptors (Lipinski definition) is 6. The molecule has 6 heteroatoms. The van der Waals surface area contributed by atoms with Gasteiger partial charge in [0, 0.05) is 5.56 Å². The second kappa shape index (κ2) is 7.31. The smallest absolute Gasteiger partial charge is 0.277 e. The molecule has 1 heterocycles. The summed E-state index contributed by atoms with van der Waals surface area (Å²) in [4.78, 5) is 12.3. The van der Waals surface area contributed by atoms with Gasteiger partial charge in [-0.25, -0.2) is 0 Å². The van der Waals surface area contributed by atoms with Gasteiger partial charge in [0.25, 0.3) is 5.22 Å². The fourth-order valence-corrected chi connectivity index (χ4v) is 2.89. The van der Waals surface area contributed by atoms with Crippen LogP contribution in [0.2, 0.25) is 0 Å². The zero-order chi connectivity index (χ0) is 16.9. The van der Waals surface area contributed by atoms with E-state index in [-0.39, 0.29) is 11.5 Å². The van der Waals surface area contributed by atoms with Gasteiger partial charge in [0.1, 0.15) is 5.75 Å². The lowest BCUT2D eigenvalue weighted by Crippen LogP contribution is -2.04. The Kier molecular flexibility index (Phi) is 4.96. The number of benzene rings is 2. The van der Waals surface area contributed by atoms with Gasteiger partial charge < -0.3 is 9.15 Å². The van der Waals surface area contributed by atoms with Crippen LogP contribution in [0, 0.1) is 6.92 Å². The minimum Gasteiger partial charge on any atom is -0.496 e. The second-order valence-corrected chi connectivity index (χ2v) is 6.08. The molecule has 0 aliphatic heterocycles. The van der Waals surface area contributed by atoms with Crippen molar-refractivity contribution in [3.63, 3.8) is 0 Å². The molecule has 3 aromatic rings. The van der Waals surface area contributed by atoms with E-state index in [1.807, 2.05) is 43.3 Å². The van der Waals surface area contributed by atoms with E-state index >= 15 is 0 Å². The second-order valence-electron chi connectivity index (χ2n) is 5.15. The summed E-state index contributed by atoms with van der Waals surface area (Å²) in [7, 11) is 1.55. The normalized spacial score (nSPS) is 10.6. The van der Waals surface area contributed by atoms with Crippen LogP contribution < -0.4 is 4.74 Å². The molecule has 0 radical (unpaired) electrons. The van der Waals surface area contributed by atoms with Gasteiger partial charge in [-0.1, -0.05) is 41.6 Å².